The van der Waals surface area contributed by atoms with Crippen LogP contribution in [0.5, 0.6) is 0 Å². The van der Waals surface area contributed by atoms with E-state index < -0.39 is 0 Å². The van der Waals surface area contributed by atoms with E-state index in [0.717, 1.165) is 30.4 Å². The Bertz CT molecular complexity index is 820. The van der Waals surface area contributed by atoms with Gasteiger partial charge < -0.3 is 9.64 Å². The van der Waals surface area contributed by atoms with Crippen molar-refractivity contribution in [2.45, 2.75) is 38.0 Å². The fourth-order valence-corrected chi connectivity index (χ4v) is 3.62. The third-order valence-electron chi connectivity index (χ3n) is 5.15. The molecule has 0 saturated carbocycles. The Morgan fingerprint density at radius 2 is 2.07 bits per heavy atom. The quantitative estimate of drug-likeness (QED) is 0.648. The summed E-state index contributed by atoms with van der Waals surface area (Å²) in [7, 11) is 1.79. The largest absolute Gasteiger partial charge is 0.367 e. The number of benzene rings is 2. The molecule has 1 amide bonds. The molecule has 2 atom stereocenters. The van der Waals surface area contributed by atoms with E-state index in [1.165, 1.54) is 6.07 Å². The Labute approximate surface area is 176 Å². The lowest BCUT2D eigenvalue weighted by Gasteiger charge is -2.18. The van der Waals surface area contributed by atoms with E-state index in [2.05, 4.69) is 10.9 Å². The lowest BCUT2D eigenvalue weighted by molar-refractivity contribution is -0.135. The number of hydrogen-bond acceptors (Lipinski definition) is 4. The van der Waals surface area contributed by atoms with E-state index in [1.807, 2.05) is 24.3 Å². The Balaban J connectivity index is 1.33. The topological polar surface area (TPSA) is 53.6 Å². The maximum atomic E-state index is 13.4. The highest BCUT2D eigenvalue weighted by atomic mass is 35.5. The summed E-state index contributed by atoms with van der Waals surface area (Å²) in [6.07, 6.45) is 2.70. The molecular weight excluding hydrogens is 393 g/mol. The first-order valence-corrected chi connectivity index (χ1v) is 10.2. The second-order valence-electron chi connectivity index (χ2n) is 7.37. The molecule has 3 rings (SSSR count). The molecule has 0 radical (unpaired) electrons. The monoisotopic (exact) mass is 419 g/mol. The van der Waals surface area contributed by atoms with Crippen molar-refractivity contribution in [1.82, 2.24) is 15.8 Å². The summed E-state index contributed by atoms with van der Waals surface area (Å²) in [5.74, 6) is -0.267. The summed E-state index contributed by atoms with van der Waals surface area (Å²) >= 11 is 6.08. The number of rotatable bonds is 9. The minimum atomic E-state index is -0.218. The summed E-state index contributed by atoms with van der Waals surface area (Å²) in [4.78, 5) is 13.9. The van der Waals surface area contributed by atoms with Gasteiger partial charge in [-0.05, 0) is 48.6 Å². The van der Waals surface area contributed by atoms with Crippen LogP contribution in [0.3, 0.4) is 0 Å². The van der Waals surface area contributed by atoms with Crippen molar-refractivity contribution in [3.8, 4) is 0 Å². The van der Waals surface area contributed by atoms with Crippen LogP contribution in [0.25, 0.3) is 0 Å². The first-order chi connectivity index (χ1) is 14.0. The number of halogens is 2. The van der Waals surface area contributed by atoms with Crippen LogP contribution in [0.2, 0.25) is 5.02 Å². The van der Waals surface area contributed by atoms with Gasteiger partial charge in [-0.3, -0.25) is 15.6 Å². The van der Waals surface area contributed by atoms with Crippen molar-refractivity contribution < 1.29 is 13.9 Å². The van der Waals surface area contributed by atoms with E-state index in [4.69, 9.17) is 16.3 Å². The Hall–Kier alpha value is -1.99. The zero-order valence-corrected chi connectivity index (χ0v) is 17.3. The highest BCUT2D eigenvalue weighted by Gasteiger charge is 2.25. The first kappa shape index (κ1) is 21.7. The van der Waals surface area contributed by atoms with Gasteiger partial charge in [-0.2, -0.15) is 0 Å². The molecule has 2 unspecified atom stereocenters. The van der Waals surface area contributed by atoms with Crippen LogP contribution in [0, 0.1) is 5.82 Å². The van der Waals surface area contributed by atoms with Gasteiger partial charge in [-0.1, -0.05) is 41.9 Å². The zero-order chi connectivity index (χ0) is 20.6. The number of nitrogens with zero attached hydrogens (tertiary/aromatic N) is 1. The van der Waals surface area contributed by atoms with Crippen LogP contribution in [0.15, 0.2) is 48.5 Å². The number of likely N-dealkylation sites (N-methyl/N-ethyl adjacent to an activating group) is 1. The molecular formula is C22H27ClFN3O2. The third kappa shape index (κ3) is 6.51. The zero-order valence-electron chi connectivity index (χ0n) is 16.5. The minimum Gasteiger partial charge on any atom is -0.367 e. The summed E-state index contributed by atoms with van der Waals surface area (Å²) in [5.41, 5.74) is 8.32. The molecule has 1 saturated heterocycles. The normalized spacial score (nSPS) is 18.7. The van der Waals surface area contributed by atoms with E-state index in [1.54, 1.807) is 30.1 Å². The molecule has 1 heterocycles. The van der Waals surface area contributed by atoms with Crippen LogP contribution in [0.4, 0.5) is 4.39 Å². The summed E-state index contributed by atoms with van der Waals surface area (Å²) in [6.45, 7) is 1.02. The second-order valence-corrected chi connectivity index (χ2v) is 7.78. The average molecular weight is 420 g/mol. The van der Waals surface area contributed by atoms with E-state index in [9.17, 15) is 9.18 Å². The van der Waals surface area contributed by atoms with E-state index in [-0.39, 0.29) is 24.4 Å². The number of amides is 1. The van der Waals surface area contributed by atoms with Gasteiger partial charge in [0.05, 0.1) is 6.61 Å². The maximum absolute atomic E-state index is 13.4. The van der Waals surface area contributed by atoms with Gasteiger partial charge in [-0.15, -0.1) is 0 Å². The number of hydrogen-bond donors (Lipinski definition) is 2. The van der Waals surface area contributed by atoms with Crippen molar-refractivity contribution in [3.05, 3.63) is 70.5 Å². The molecule has 5 nitrogen and oxygen atoms in total. The van der Waals surface area contributed by atoms with Gasteiger partial charge in [0.2, 0.25) is 5.91 Å². The van der Waals surface area contributed by atoms with Gasteiger partial charge in [0.25, 0.3) is 0 Å². The predicted molar refractivity (Wildman–Crippen MR) is 112 cm³/mol. The lowest BCUT2D eigenvalue weighted by atomic mass is 9.99. The van der Waals surface area contributed by atoms with Crippen LogP contribution < -0.4 is 10.9 Å². The maximum Gasteiger partial charge on any atom is 0.248 e. The molecule has 1 fully saturated rings. The smallest absolute Gasteiger partial charge is 0.248 e. The molecule has 0 aromatic heterocycles. The molecule has 2 N–H and O–H groups in total. The number of carbonyl (C=O) groups is 1. The summed E-state index contributed by atoms with van der Waals surface area (Å²) < 4.78 is 18.9. The second kappa shape index (κ2) is 10.7. The van der Waals surface area contributed by atoms with Crippen molar-refractivity contribution in [3.63, 3.8) is 0 Å². The summed E-state index contributed by atoms with van der Waals surface area (Å²) in [5, 5.41) is 0.641. The lowest BCUT2D eigenvalue weighted by Crippen LogP contribution is -2.33. The average Bonchev–Trinajstić information content (AvgIpc) is 3.18. The van der Waals surface area contributed by atoms with Gasteiger partial charge >= 0.3 is 0 Å². The molecule has 1 aliphatic heterocycles. The van der Waals surface area contributed by atoms with E-state index in [0.29, 0.717) is 24.2 Å². The Morgan fingerprint density at radius 1 is 1.24 bits per heavy atom. The molecule has 0 bridgehead atoms. The molecule has 29 heavy (non-hydrogen) atoms. The van der Waals surface area contributed by atoms with Crippen LogP contribution in [0.1, 0.15) is 36.4 Å². The SMILES string of the molecule is CN(CCCC1CC(c2cccc(F)c2)NN1)C(=O)COCc1ccccc1Cl. The summed E-state index contributed by atoms with van der Waals surface area (Å²) in [6, 6.07) is 14.5. The van der Waals surface area contributed by atoms with Crippen molar-refractivity contribution in [2.24, 2.45) is 0 Å². The highest BCUT2D eigenvalue weighted by Crippen LogP contribution is 2.24. The molecule has 156 valence electrons. The van der Waals surface area contributed by atoms with Crippen molar-refractivity contribution in [1.29, 1.82) is 0 Å². The Morgan fingerprint density at radius 3 is 2.86 bits per heavy atom. The van der Waals surface area contributed by atoms with Crippen molar-refractivity contribution in [2.75, 3.05) is 20.2 Å². The van der Waals surface area contributed by atoms with Crippen LogP contribution in [-0.2, 0) is 16.1 Å². The molecule has 2 aromatic rings. The van der Waals surface area contributed by atoms with Gasteiger partial charge in [0.15, 0.2) is 0 Å². The predicted octanol–water partition coefficient (Wildman–Crippen LogP) is 3.84. The van der Waals surface area contributed by atoms with Gasteiger partial charge in [0.1, 0.15) is 12.4 Å². The fourth-order valence-electron chi connectivity index (χ4n) is 3.43. The highest BCUT2D eigenvalue weighted by molar-refractivity contribution is 6.31. The van der Waals surface area contributed by atoms with Gasteiger partial charge in [-0.25, -0.2) is 4.39 Å². The molecule has 0 aliphatic carbocycles. The number of carbonyl (C=O) groups excluding carboxylic acids is 1. The van der Waals surface area contributed by atoms with Crippen LogP contribution >= 0.6 is 11.6 Å². The Kier molecular flexibility index (Phi) is 8.00. The third-order valence-corrected chi connectivity index (χ3v) is 5.51. The first-order valence-electron chi connectivity index (χ1n) is 9.84. The van der Waals surface area contributed by atoms with Gasteiger partial charge in [0, 0.05) is 30.7 Å². The number of hydrazine groups is 1. The molecule has 1 aliphatic rings. The van der Waals surface area contributed by atoms with Crippen LogP contribution in [-0.4, -0.2) is 37.0 Å². The minimum absolute atomic E-state index is 0.0343. The van der Waals surface area contributed by atoms with Crippen molar-refractivity contribution >= 4 is 17.5 Å². The molecule has 2 aromatic carbocycles. The number of nitrogens with one attached hydrogen (secondary N) is 2. The molecule has 0 spiro atoms. The fraction of sp³-hybridized carbons (Fsp3) is 0.409. The standard InChI is InChI=1S/C22H27ClFN3O2/c1-27(22(28)15-29-14-17-6-2-3-10-20(17)23)11-5-9-19-13-21(26-25-19)16-7-4-8-18(24)12-16/h2-4,6-8,10,12,19,21,25-26H,5,9,11,13-15H2,1H3. The van der Waals surface area contributed by atoms with E-state index >= 15 is 0 Å². The molecule has 7 heteroatoms. The number of ether oxygens (including phenoxy) is 1.